The van der Waals surface area contributed by atoms with Gasteiger partial charge in [-0.1, -0.05) is 30.3 Å². The number of carbonyl (C=O) groups is 1. The van der Waals surface area contributed by atoms with Crippen molar-refractivity contribution in [2.75, 3.05) is 26.2 Å². The molecule has 0 atom stereocenters. The number of H-pyrrole nitrogens is 1. The Morgan fingerprint density at radius 1 is 1.07 bits per heavy atom. The van der Waals surface area contributed by atoms with Crippen LogP contribution in [-0.2, 0) is 25.9 Å². The standard InChI is InChI=1S/C21H26N4O2/c26-20-18(13-17-7-4-8-19(17)23-20)14-22-21(27)25-11-9-24(10-12-25)15-16-5-2-1-3-6-16/h1-3,5-6,13H,4,7-12,14-15H2,(H,22,27)(H,23,26). The Morgan fingerprint density at radius 2 is 1.85 bits per heavy atom. The second-order valence-corrected chi connectivity index (χ2v) is 7.39. The number of pyridine rings is 1. The first kappa shape index (κ1) is 17.8. The van der Waals surface area contributed by atoms with Gasteiger partial charge in [-0.2, -0.15) is 0 Å². The summed E-state index contributed by atoms with van der Waals surface area (Å²) in [4.78, 5) is 31.8. The summed E-state index contributed by atoms with van der Waals surface area (Å²) in [7, 11) is 0. The van der Waals surface area contributed by atoms with Gasteiger partial charge in [-0.25, -0.2) is 4.79 Å². The summed E-state index contributed by atoms with van der Waals surface area (Å²) in [6.07, 6.45) is 3.05. The van der Waals surface area contributed by atoms with Crippen LogP contribution < -0.4 is 10.9 Å². The van der Waals surface area contributed by atoms with Crippen LogP contribution >= 0.6 is 0 Å². The number of rotatable bonds is 4. The van der Waals surface area contributed by atoms with Crippen molar-refractivity contribution in [1.29, 1.82) is 0 Å². The van der Waals surface area contributed by atoms with Crippen molar-refractivity contribution in [3.05, 3.63) is 69.1 Å². The molecule has 0 saturated carbocycles. The number of carbonyl (C=O) groups excluding carboxylic acids is 1. The molecule has 0 radical (unpaired) electrons. The summed E-state index contributed by atoms with van der Waals surface area (Å²) >= 11 is 0. The highest BCUT2D eigenvalue weighted by Crippen LogP contribution is 2.18. The molecule has 2 heterocycles. The molecular formula is C21H26N4O2. The van der Waals surface area contributed by atoms with E-state index in [1.807, 2.05) is 17.0 Å². The maximum atomic E-state index is 12.5. The van der Waals surface area contributed by atoms with Gasteiger partial charge < -0.3 is 15.2 Å². The van der Waals surface area contributed by atoms with Gasteiger partial charge in [0.25, 0.3) is 5.56 Å². The minimum absolute atomic E-state index is 0.0800. The Kier molecular flexibility index (Phi) is 5.25. The Hall–Kier alpha value is -2.60. The molecule has 1 fully saturated rings. The Balaban J connectivity index is 1.27. The Morgan fingerprint density at radius 3 is 2.63 bits per heavy atom. The fourth-order valence-corrected chi connectivity index (χ4v) is 3.93. The van der Waals surface area contributed by atoms with Gasteiger partial charge in [-0.3, -0.25) is 9.69 Å². The summed E-state index contributed by atoms with van der Waals surface area (Å²) < 4.78 is 0. The van der Waals surface area contributed by atoms with Gasteiger partial charge in [-0.05, 0) is 36.5 Å². The second kappa shape index (κ2) is 7.96. The fourth-order valence-electron chi connectivity index (χ4n) is 3.93. The molecule has 2 aromatic rings. The van der Waals surface area contributed by atoms with Crippen LogP contribution in [0.3, 0.4) is 0 Å². The summed E-state index contributed by atoms with van der Waals surface area (Å²) in [5.74, 6) is 0. The van der Waals surface area contributed by atoms with Crippen LogP contribution in [0, 0.1) is 0 Å². The summed E-state index contributed by atoms with van der Waals surface area (Å²) in [5.41, 5.74) is 4.14. The highest BCUT2D eigenvalue weighted by atomic mass is 16.2. The highest BCUT2D eigenvalue weighted by molar-refractivity contribution is 5.74. The number of aryl methyl sites for hydroxylation is 2. The Labute approximate surface area is 159 Å². The van der Waals surface area contributed by atoms with E-state index in [1.165, 1.54) is 11.1 Å². The number of hydrogen-bond donors (Lipinski definition) is 2. The molecule has 6 heteroatoms. The van der Waals surface area contributed by atoms with E-state index < -0.39 is 0 Å². The van der Waals surface area contributed by atoms with Crippen LogP contribution in [0.4, 0.5) is 4.79 Å². The van der Waals surface area contributed by atoms with Crippen molar-refractivity contribution in [3.63, 3.8) is 0 Å². The van der Waals surface area contributed by atoms with Crippen molar-refractivity contribution < 1.29 is 4.79 Å². The first-order valence-electron chi connectivity index (χ1n) is 9.72. The molecule has 2 aliphatic rings. The van der Waals surface area contributed by atoms with Gasteiger partial charge in [0.05, 0.1) is 0 Å². The van der Waals surface area contributed by atoms with E-state index in [2.05, 4.69) is 39.5 Å². The number of amides is 2. The van der Waals surface area contributed by atoms with Crippen molar-refractivity contribution in [3.8, 4) is 0 Å². The molecule has 0 bridgehead atoms. The molecule has 0 unspecified atom stereocenters. The molecule has 1 saturated heterocycles. The molecule has 1 aliphatic heterocycles. The fraction of sp³-hybridized carbons (Fsp3) is 0.429. The molecule has 4 rings (SSSR count). The molecule has 142 valence electrons. The van der Waals surface area contributed by atoms with Crippen LogP contribution in [0.1, 0.15) is 28.8 Å². The topological polar surface area (TPSA) is 68.4 Å². The van der Waals surface area contributed by atoms with Crippen LogP contribution in [-0.4, -0.2) is 47.0 Å². The summed E-state index contributed by atoms with van der Waals surface area (Å²) in [6.45, 7) is 4.34. The largest absolute Gasteiger partial charge is 0.334 e. The second-order valence-electron chi connectivity index (χ2n) is 7.39. The van der Waals surface area contributed by atoms with E-state index in [-0.39, 0.29) is 18.1 Å². The number of nitrogens with one attached hydrogen (secondary N) is 2. The predicted molar refractivity (Wildman–Crippen MR) is 105 cm³/mol. The zero-order chi connectivity index (χ0) is 18.6. The molecule has 27 heavy (non-hydrogen) atoms. The van der Waals surface area contributed by atoms with E-state index >= 15 is 0 Å². The average Bonchev–Trinajstić information content (AvgIpc) is 3.14. The van der Waals surface area contributed by atoms with E-state index in [1.54, 1.807) is 0 Å². The maximum absolute atomic E-state index is 12.5. The monoisotopic (exact) mass is 366 g/mol. The number of piperazine rings is 1. The Bertz CT molecular complexity index is 854. The minimum Gasteiger partial charge on any atom is -0.334 e. The van der Waals surface area contributed by atoms with E-state index in [0.29, 0.717) is 18.7 Å². The maximum Gasteiger partial charge on any atom is 0.317 e. The molecular weight excluding hydrogens is 340 g/mol. The van der Waals surface area contributed by atoms with Crippen LogP contribution in [0.5, 0.6) is 0 Å². The van der Waals surface area contributed by atoms with Crippen LogP contribution in [0.15, 0.2) is 41.2 Å². The molecule has 1 aliphatic carbocycles. The lowest BCUT2D eigenvalue weighted by Crippen LogP contribution is -2.51. The van der Waals surface area contributed by atoms with Crippen molar-refractivity contribution >= 4 is 6.03 Å². The number of aromatic amines is 1. The number of hydrogen-bond acceptors (Lipinski definition) is 3. The zero-order valence-corrected chi connectivity index (χ0v) is 15.5. The van der Waals surface area contributed by atoms with Crippen molar-refractivity contribution in [2.24, 2.45) is 0 Å². The number of fused-ring (bicyclic) bond motifs is 1. The quantitative estimate of drug-likeness (QED) is 0.868. The molecule has 0 spiro atoms. The van der Waals surface area contributed by atoms with Gasteiger partial charge in [0.2, 0.25) is 0 Å². The van der Waals surface area contributed by atoms with Crippen LogP contribution in [0.25, 0.3) is 0 Å². The number of aromatic nitrogens is 1. The lowest BCUT2D eigenvalue weighted by molar-refractivity contribution is 0.135. The molecule has 2 N–H and O–H groups in total. The van der Waals surface area contributed by atoms with Crippen LogP contribution in [0.2, 0.25) is 0 Å². The summed E-state index contributed by atoms with van der Waals surface area (Å²) in [6, 6.07) is 12.3. The molecule has 6 nitrogen and oxygen atoms in total. The average molecular weight is 366 g/mol. The SMILES string of the molecule is O=C(NCc1cc2c([nH]c1=O)CCC2)N1CCN(Cc2ccccc2)CC1. The van der Waals surface area contributed by atoms with E-state index in [4.69, 9.17) is 0 Å². The van der Waals surface area contributed by atoms with Crippen molar-refractivity contribution in [2.45, 2.75) is 32.4 Å². The van der Waals surface area contributed by atoms with Gasteiger partial charge in [0, 0.05) is 50.5 Å². The molecule has 1 aromatic heterocycles. The van der Waals surface area contributed by atoms with Crippen molar-refractivity contribution in [1.82, 2.24) is 20.1 Å². The van der Waals surface area contributed by atoms with E-state index in [9.17, 15) is 9.59 Å². The third-order valence-electron chi connectivity index (χ3n) is 5.50. The highest BCUT2D eigenvalue weighted by Gasteiger charge is 2.21. The van der Waals surface area contributed by atoms with E-state index in [0.717, 1.165) is 44.6 Å². The number of benzene rings is 1. The minimum atomic E-state index is -0.0886. The number of urea groups is 1. The number of nitrogens with zero attached hydrogens (tertiary/aromatic N) is 2. The summed E-state index contributed by atoms with van der Waals surface area (Å²) in [5, 5.41) is 2.91. The lowest BCUT2D eigenvalue weighted by Gasteiger charge is -2.34. The predicted octanol–water partition coefficient (Wildman–Crippen LogP) is 1.89. The van der Waals surface area contributed by atoms with Gasteiger partial charge in [-0.15, -0.1) is 0 Å². The van der Waals surface area contributed by atoms with Gasteiger partial charge >= 0.3 is 6.03 Å². The zero-order valence-electron chi connectivity index (χ0n) is 15.5. The third kappa shape index (κ3) is 4.22. The first-order valence-corrected chi connectivity index (χ1v) is 9.72. The van der Waals surface area contributed by atoms with Gasteiger partial charge in [0.15, 0.2) is 0 Å². The first-order chi connectivity index (χ1) is 13.2. The third-order valence-corrected chi connectivity index (χ3v) is 5.50. The molecule has 2 amide bonds. The smallest absolute Gasteiger partial charge is 0.317 e. The molecule has 1 aromatic carbocycles. The lowest BCUT2D eigenvalue weighted by atomic mass is 10.1. The normalized spacial score (nSPS) is 17.0. The van der Waals surface area contributed by atoms with Gasteiger partial charge in [0.1, 0.15) is 0 Å².